The number of amides is 3. The van der Waals surface area contributed by atoms with Gasteiger partial charge in [-0.25, -0.2) is 9.59 Å². The molecule has 3 saturated heterocycles. The summed E-state index contributed by atoms with van der Waals surface area (Å²) in [5.41, 5.74) is 2.65. The molecule has 46 heavy (non-hydrogen) atoms. The van der Waals surface area contributed by atoms with Gasteiger partial charge < -0.3 is 28.9 Å². The van der Waals surface area contributed by atoms with Gasteiger partial charge in [-0.1, -0.05) is 12.1 Å². The van der Waals surface area contributed by atoms with Crippen LogP contribution in [-0.2, 0) is 26.4 Å². The van der Waals surface area contributed by atoms with Crippen LogP contribution in [0.25, 0.3) is 11.3 Å². The molecule has 1 aliphatic carbocycles. The van der Waals surface area contributed by atoms with Crippen molar-refractivity contribution in [2.45, 2.75) is 90.4 Å². The Kier molecular flexibility index (Phi) is 7.71. The van der Waals surface area contributed by atoms with Gasteiger partial charge in [-0.15, -0.1) is 0 Å². The van der Waals surface area contributed by atoms with E-state index in [-0.39, 0.29) is 30.1 Å². The van der Waals surface area contributed by atoms with E-state index >= 15 is 0 Å². The second-order valence-corrected chi connectivity index (χ2v) is 15.1. The second kappa shape index (κ2) is 11.5. The summed E-state index contributed by atoms with van der Waals surface area (Å²) in [4.78, 5) is 44.7. The lowest BCUT2D eigenvalue weighted by atomic mass is 9.78. The van der Waals surface area contributed by atoms with Crippen LogP contribution < -0.4 is 4.74 Å². The molecule has 1 saturated carbocycles. The maximum atomic E-state index is 13.7. The Balaban J connectivity index is 1.03. The topological polar surface area (TPSA) is 106 Å². The molecule has 0 bridgehead atoms. The van der Waals surface area contributed by atoms with Gasteiger partial charge in [0.25, 0.3) is 0 Å². The van der Waals surface area contributed by atoms with Crippen LogP contribution in [0.1, 0.15) is 77.0 Å². The molecule has 1 aromatic carbocycles. The molecule has 2 spiro atoms. The van der Waals surface area contributed by atoms with Gasteiger partial charge in [0.05, 0.1) is 6.61 Å². The van der Waals surface area contributed by atoms with Crippen molar-refractivity contribution in [2.75, 3.05) is 45.9 Å². The molecule has 0 N–H and O–H groups in total. The number of carbonyl (C=O) groups is 3. The molecule has 248 valence electrons. The molecule has 4 fully saturated rings. The standard InChI is InChI=1S/C35H47N5O6/c1-24-29-30(26-7-5-6-8-27(26)45-35(29)14-19-38(20-15-35)31(42)44-22-25-9-10-25)36-40(24)21-28(41)37-16-11-34(12-17-37)13-18-39(23-34)32(43)46-33(2,3)4/h5-8,25H,9-23H2,1-4H3. The van der Waals surface area contributed by atoms with E-state index < -0.39 is 11.2 Å². The number of benzene rings is 1. The van der Waals surface area contributed by atoms with Gasteiger partial charge in [0.2, 0.25) is 5.91 Å². The van der Waals surface area contributed by atoms with E-state index in [9.17, 15) is 14.4 Å². The minimum Gasteiger partial charge on any atom is -0.482 e. The number of ether oxygens (including phenoxy) is 3. The monoisotopic (exact) mass is 633 g/mol. The van der Waals surface area contributed by atoms with Crippen LogP contribution >= 0.6 is 0 Å². The third-order valence-corrected chi connectivity index (χ3v) is 10.6. The Hall–Kier alpha value is -3.76. The van der Waals surface area contributed by atoms with E-state index in [1.165, 1.54) is 0 Å². The SMILES string of the molecule is Cc1c2c(nn1CC(=O)N1CCC3(CC1)CCN(C(=O)OC(C)(C)C)C3)-c1ccccc1OC21CCN(C(=O)OCC2CC2)CC1. The smallest absolute Gasteiger partial charge is 0.410 e. The number of fused-ring (bicyclic) bond motifs is 4. The van der Waals surface area contributed by atoms with Gasteiger partial charge in [0, 0.05) is 68.9 Å². The van der Waals surface area contributed by atoms with Crippen molar-refractivity contribution in [1.82, 2.24) is 24.5 Å². The molecule has 11 heteroatoms. The van der Waals surface area contributed by atoms with Crippen LogP contribution in [0, 0.1) is 18.3 Å². The lowest BCUT2D eigenvalue weighted by molar-refractivity contribution is -0.134. The fourth-order valence-corrected chi connectivity index (χ4v) is 7.70. The van der Waals surface area contributed by atoms with Gasteiger partial charge >= 0.3 is 12.2 Å². The van der Waals surface area contributed by atoms with Crippen molar-refractivity contribution in [1.29, 1.82) is 0 Å². The molecular weight excluding hydrogens is 586 g/mol. The van der Waals surface area contributed by atoms with Crippen molar-refractivity contribution < 1.29 is 28.6 Å². The quantitative estimate of drug-likeness (QED) is 0.448. The minimum atomic E-state index is -0.623. The number of piperidine rings is 2. The van der Waals surface area contributed by atoms with Crippen molar-refractivity contribution in [3.05, 3.63) is 35.5 Å². The van der Waals surface area contributed by atoms with Gasteiger partial charge in [-0.05, 0) is 83.3 Å². The number of nitrogens with zero attached hydrogens (tertiary/aromatic N) is 5. The zero-order valence-corrected chi connectivity index (χ0v) is 27.7. The normalized spacial score (nSPS) is 21.5. The first-order valence-electron chi connectivity index (χ1n) is 17.0. The number of carbonyl (C=O) groups excluding carboxylic acids is 3. The highest BCUT2D eigenvalue weighted by atomic mass is 16.6. The van der Waals surface area contributed by atoms with Crippen LogP contribution in [-0.4, -0.2) is 94.1 Å². The Bertz CT molecular complexity index is 1510. The molecule has 2 aromatic rings. The molecule has 11 nitrogen and oxygen atoms in total. The number of rotatable bonds is 4. The van der Waals surface area contributed by atoms with E-state index in [4.69, 9.17) is 19.3 Å². The highest BCUT2D eigenvalue weighted by molar-refractivity contribution is 5.78. The molecule has 5 heterocycles. The minimum absolute atomic E-state index is 0.0427. The van der Waals surface area contributed by atoms with Crippen molar-refractivity contribution in [3.8, 4) is 17.0 Å². The van der Waals surface area contributed by atoms with E-state index in [0.29, 0.717) is 64.6 Å². The molecule has 3 amide bonds. The van der Waals surface area contributed by atoms with E-state index in [2.05, 4.69) is 0 Å². The molecule has 0 radical (unpaired) electrons. The largest absolute Gasteiger partial charge is 0.482 e. The van der Waals surface area contributed by atoms with Crippen molar-refractivity contribution in [3.63, 3.8) is 0 Å². The molecule has 7 rings (SSSR count). The number of para-hydroxylation sites is 1. The van der Waals surface area contributed by atoms with E-state index in [0.717, 1.165) is 60.4 Å². The van der Waals surface area contributed by atoms with Crippen LogP contribution in [0.3, 0.4) is 0 Å². The summed E-state index contributed by atoms with van der Waals surface area (Å²) < 4.78 is 19.8. The molecule has 1 aromatic heterocycles. The average molecular weight is 634 g/mol. The molecule has 5 aliphatic rings. The van der Waals surface area contributed by atoms with Crippen LogP contribution in [0.2, 0.25) is 0 Å². The summed E-state index contributed by atoms with van der Waals surface area (Å²) in [7, 11) is 0. The van der Waals surface area contributed by atoms with Crippen molar-refractivity contribution >= 4 is 18.1 Å². The number of likely N-dealkylation sites (tertiary alicyclic amines) is 3. The molecule has 4 aliphatic heterocycles. The Labute approximate surface area is 271 Å². The number of hydrogen-bond donors (Lipinski definition) is 0. The average Bonchev–Trinajstić information content (AvgIpc) is 3.68. The first-order valence-corrected chi connectivity index (χ1v) is 17.0. The zero-order valence-electron chi connectivity index (χ0n) is 27.7. The Morgan fingerprint density at radius 1 is 0.913 bits per heavy atom. The third kappa shape index (κ3) is 5.93. The maximum Gasteiger partial charge on any atom is 0.410 e. The summed E-state index contributed by atoms with van der Waals surface area (Å²) in [5.74, 6) is 1.37. The summed E-state index contributed by atoms with van der Waals surface area (Å²) in [6, 6.07) is 7.95. The van der Waals surface area contributed by atoms with E-state index in [1.54, 1.807) is 4.90 Å². The summed E-state index contributed by atoms with van der Waals surface area (Å²) in [6.45, 7) is 12.2. The highest BCUT2D eigenvalue weighted by Gasteiger charge is 2.48. The zero-order chi connectivity index (χ0) is 32.3. The lowest BCUT2D eigenvalue weighted by Crippen LogP contribution is -2.49. The third-order valence-electron chi connectivity index (χ3n) is 10.6. The van der Waals surface area contributed by atoms with Crippen LogP contribution in [0.5, 0.6) is 5.75 Å². The predicted octanol–water partition coefficient (Wildman–Crippen LogP) is 5.34. The van der Waals surface area contributed by atoms with Crippen molar-refractivity contribution in [2.24, 2.45) is 11.3 Å². The van der Waals surface area contributed by atoms with Crippen LogP contribution in [0.15, 0.2) is 24.3 Å². The molecule has 0 atom stereocenters. The lowest BCUT2D eigenvalue weighted by Gasteiger charge is -2.44. The Morgan fingerprint density at radius 3 is 2.24 bits per heavy atom. The fraction of sp³-hybridized carbons (Fsp3) is 0.657. The maximum absolute atomic E-state index is 13.7. The highest BCUT2D eigenvalue weighted by Crippen LogP contribution is 2.50. The fourth-order valence-electron chi connectivity index (χ4n) is 7.70. The van der Waals surface area contributed by atoms with Gasteiger partial charge in [0.1, 0.15) is 29.2 Å². The first-order chi connectivity index (χ1) is 21.9. The molecule has 0 unspecified atom stereocenters. The van der Waals surface area contributed by atoms with E-state index in [1.807, 2.05) is 66.4 Å². The summed E-state index contributed by atoms with van der Waals surface area (Å²) in [6.07, 6.45) is 5.74. The second-order valence-electron chi connectivity index (χ2n) is 15.1. The number of hydrogen-bond acceptors (Lipinski definition) is 7. The van der Waals surface area contributed by atoms with Gasteiger partial charge in [0.15, 0.2) is 0 Å². The summed E-state index contributed by atoms with van der Waals surface area (Å²) >= 11 is 0. The van der Waals surface area contributed by atoms with Crippen LogP contribution in [0.4, 0.5) is 9.59 Å². The predicted molar refractivity (Wildman–Crippen MR) is 170 cm³/mol. The molecular formula is C35H47N5O6. The first kappa shape index (κ1) is 30.9. The summed E-state index contributed by atoms with van der Waals surface area (Å²) in [5, 5.41) is 5.04. The number of aromatic nitrogens is 2. The Morgan fingerprint density at radius 2 is 1.57 bits per heavy atom. The van der Waals surface area contributed by atoms with Gasteiger partial charge in [-0.2, -0.15) is 5.10 Å². The van der Waals surface area contributed by atoms with Gasteiger partial charge in [-0.3, -0.25) is 9.48 Å².